The number of carbonyl (C=O) groups excluding carboxylic acids is 1. The number of amides is 1. The Morgan fingerprint density at radius 1 is 1.13 bits per heavy atom. The molecule has 4 rings (SSSR count). The van der Waals surface area contributed by atoms with Gasteiger partial charge in [-0.15, -0.1) is 0 Å². The Balaban J connectivity index is 1.54. The predicted molar refractivity (Wildman–Crippen MR) is 117 cm³/mol. The van der Waals surface area contributed by atoms with Gasteiger partial charge in [-0.3, -0.25) is 10.1 Å². The molecular weight excluding hydrogens is 404 g/mol. The highest BCUT2D eigenvalue weighted by Gasteiger charge is 2.19. The third-order valence-electron chi connectivity index (χ3n) is 5.03. The van der Waals surface area contributed by atoms with Crippen LogP contribution < -0.4 is 15.5 Å². The van der Waals surface area contributed by atoms with Gasteiger partial charge in [0, 0.05) is 20.1 Å². The van der Waals surface area contributed by atoms with E-state index in [1.54, 1.807) is 17.7 Å². The van der Waals surface area contributed by atoms with Crippen molar-refractivity contribution in [3.05, 3.63) is 46.5 Å². The van der Waals surface area contributed by atoms with Crippen molar-refractivity contribution in [2.45, 2.75) is 26.7 Å². The van der Waals surface area contributed by atoms with Crippen LogP contribution in [-0.2, 0) is 7.05 Å². The summed E-state index contributed by atoms with van der Waals surface area (Å²) in [7, 11) is 1.75. The van der Waals surface area contributed by atoms with Crippen molar-refractivity contribution in [2.24, 2.45) is 7.05 Å². The molecule has 2 aromatic heterocycles. The Kier molecular flexibility index (Phi) is 5.54. The van der Waals surface area contributed by atoms with E-state index in [-0.39, 0.29) is 5.91 Å². The second-order valence-corrected chi connectivity index (χ2v) is 7.64. The summed E-state index contributed by atoms with van der Waals surface area (Å²) in [4.78, 5) is 32.6. The summed E-state index contributed by atoms with van der Waals surface area (Å²) in [6, 6.07) is 5.47. The molecule has 0 unspecified atom stereocenters. The number of para-hydroxylation sites is 1. The lowest BCUT2D eigenvalue weighted by molar-refractivity contribution is 0.101. The lowest BCUT2D eigenvalue weighted by atomic mass is 10.2. The summed E-state index contributed by atoms with van der Waals surface area (Å²) in [5.41, 5.74) is 1.84. The normalized spacial score (nSPS) is 13.5. The van der Waals surface area contributed by atoms with Gasteiger partial charge < -0.3 is 14.8 Å². The van der Waals surface area contributed by atoms with Crippen LogP contribution >= 0.6 is 11.6 Å². The lowest BCUT2D eigenvalue weighted by Crippen LogP contribution is -2.22. The molecule has 3 aromatic rings. The predicted octanol–water partition coefficient (Wildman–Crippen LogP) is 3.47. The fourth-order valence-corrected chi connectivity index (χ4v) is 3.66. The fourth-order valence-electron chi connectivity index (χ4n) is 3.39. The first kappa shape index (κ1) is 20.1. The number of hydrogen-bond donors (Lipinski definition) is 2. The van der Waals surface area contributed by atoms with Crippen LogP contribution in [0.3, 0.4) is 0 Å². The van der Waals surface area contributed by atoms with E-state index in [4.69, 9.17) is 11.6 Å². The van der Waals surface area contributed by atoms with Crippen LogP contribution in [0.15, 0.2) is 24.4 Å². The van der Waals surface area contributed by atoms with Crippen LogP contribution in [-0.4, -0.2) is 43.5 Å². The van der Waals surface area contributed by atoms with Gasteiger partial charge in [0.05, 0.1) is 16.9 Å². The van der Waals surface area contributed by atoms with Gasteiger partial charge in [-0.2, -0.15) is 15.0 Å². The number of nitrogens with one attached hydrogen (secondary N) is 2. The highest BCUT2D eigenvalue weighted by Crippen LogP contribution is 2.26. The Morgan fingerprint density at radius 3 is 2.63 bits per heavy atom. The van der Waals surface area contributed by atoms with Gasteiger partial charge in [-0.1, -0.05) is 23.7 Å². The molecule has 0 atom stereocenters. The SMILES string of the molecule is Cc1nc(Nc2ncc(C(=O)Nc3c(C)cccc3Cl)n2C)nc(N2CCCC2)n1. The number of benzene rings is 1. The standard InChI is InChI=1S/C20H23ClN8O/c1-12-7-6-8-14(21)16(12)25-17(30)15-11-22-19(28(15)3)26-18-23-13(2)24-20(27-18)29-9-4-5-10-29/h6-8,11H,4-5,9-10H2,1-3H3,(H,25,30)(H,22,23,24,26,27). The zero-order valence-electron chi connectivity index (χ0n) is 17.1. The molecule has 2 N–H and O–H groups in total. The summed E-state index contributed by atoms with van der Waals surface area (Å²) in [6.07, 6.45) is 3.77. The molecule has 1 aliphatic rings. The maximum Gasteiger partial charge on any atom is 0.274 e. The number of aromatic nitrogens is 5. The first-order valence-corrected chi connectivity index (χ1v) is 10.1. The first-order valence-electron chi connectivity index (χ1n) is 9.75. The summed E-state index contributed by atoms with van der Waals surface area (Å²) in [5.74, 6) is 1.82. The molecule has 0 saturated carbocycles. The van der Waals surface area contributed by atoms with Crippen molar-refractivity contribution in [2.75, 3.05) is 28.6 Å². The molecule has 0 spiro atoms. The van der Waals surface area contributed by atoms with E-state index in [0.717, 1.165) is 31.5 Å². The van der Waals surface area contributed by atoms with E-state index >= 15 is 0 Å². The van der Waals surface area contributed by atoms with Crippen molar-refractivity contribution in [1.29, 1.82) is 0 Å². The zero-order valence-corrected chi connectivity index (χ0v) is 17.9. The molecule has 1 amide bonds. The molecule has 1 aromatic carbocycles. The molecule has 0 radical (unpaired) electrons. The third-order valence-corrected chi connectivity index (χ3v) is 5.34. The van der Waals surface area contributed by atoms with Gasteiger partial charge in [0.15, 0.2) is 0 Å². The Labute approximate surface area is 179 Å². The van der Waals surface area contributed by atoms with E-state index in [0.29, 0.717) is 40.1 Å². The number of carbonyl (C=O) groups is 1. The summed E-state index contributed by atoms with van der Waals surface area (Å²) in [6.45, 7) is 5.60. The van der Waals surface area contributed by atoms with Gasteiger partial charge >= 0.3 is 0 Å². The molecule has 30 heavy (non-hydrogen) atoms. The Bertz CT molecular complexity index is 1070. The minimum absolute atomic E-state index is 0.307. The molecule has 156 valence electrons. The number of anilines is 4. The van der Waals surface area contributed by atoms with E-state index in [1.807, 2.05) is 26.0 Å². The van der Waals surface area contributed by atoms with E-state index in [9.17, 15) is 4.79 Å². The Morgan fingerprint density at radius 2 is 1.90 bits per heavy atom. The van der Waals surface area contributed by atoms with Crippen molar-refractivity contribution in [1.82, 2.24) is 24.5 Å². The van der Waals surface area contributed by atoms with E-state index in [2.05, 4.69) is 35.5 Å². The van der Waals surface area contributed by atoms with Gasteiger partial charge in [0.1, 0.15) is 11.5 Å². The molecule has 1 aliphatic heterocycles. The highest BCUT2D eigenvalue weighted by molar-refractivity contribution is 6.34. The van der Waals surface area contributed by atoms with Gasteiger partial charge in [0.2, 0.25) is 17.8 Å². The van der Waals surface area contributed by atoms with Crippen LogP contribution in [0, 0.1) is 13.8 Å². The quantitative estimate of drug-likeness (QED) is 0.644. The number of nitrogens with zero attached hydrogens (tertiary/aromatic N) is 6. The maximum absolute atomic E-state index is 12.8. The number of halogens is 1. The highest BCUT2D eigenvalue weighted by atomic mass is 35.5. The van der Waals surface area contributed by atoms with Crippen LogP contribution in [0.4, 0.5) is 23.5 Å². The minimum Gasteiger partial charge on any atom is -0.341 e. The van der Waals surface area contributed by atoms with E-state index in [1.165, 1.54) is 6.20 Å². The summed E-state index contributed by atoms with van der Waals surface area (Å²) < 4.78 is 1.65. The monoisotopic (exact) mass is 426 g/mol. The second-order valence-electron chi connectivity index (χ2n) is 7.24. The van der Waals surface area contributed by atoms with Crippen molar-refractivity contribution in [3.8, 4) is 0 Å². The van der Waals surface area contributed by atoms with Gasteiger partial charge in [0.25, 0.3) is 5.91 Å². The molecule has 0 aliphatic carbocycles. The van der Waals surface area contributed by atoms with Crippen LogP contribution in [0.1, 0.15) is 34.7 Å². The Hall–Kier alpha value is -3.20. The molecular formula is C20H23ClN8O. The molecule has 0 bridgehead atoms. The average molecular weight is 427 g/mol. The summed E-state index contributed by atoms with van der Waals surface area (Å²) >= 11 is 6.22. The smallest absolute Gasteiger partial charge is 0.274 e. The zero-order chi connectivity index (χ0) is 21.3. The third kappa shape index (κ3) is 4.06. The topological polar surface area (TPSA) is 101 Å². The van der Waals surface area contributed by atoms with Crippen molar-refractivity contribution >= 4 is 41.0 Å². The number of hydrogen-bond acceptors (Lipinski definition) is 7. The van der Waals surface area contributed by atoms with Crippen molar-refractivity contribution < 1.29 is 4.79 Å². The van der Waals surface area contributed by atoms with Gasteiger partial charge in [-0.05, 0) is 38.3 Å². The largest absolute Gasteiger partial charge is 0.341 e. The molecule has 1 fully saturated rings. The van der Waals surface area contributed by atoms with Crippen LogP contribution in [0.25, 0.3) is 0 Å². The van der Waals surface area contributed by atoms with Crippen LogP contribution in [0.5, 0.6) is 0 Å². The second kappa shape index (κ2) is 8.27. The molecule has 1 saturated heterocycles. The molecule has 10 heteroatoms. The van der Waals surface area contributed by atoms with Gasteiger partial charge in [-0.25, -0.2) is 4.98 Å². The van der Waals surface area contributed by atoms with Crippen molar-refractivity contribution in [3.63, 3.8) is 0 Å². The number of imidazole rings is 1. The molecule has 3 heterocycles. The summed E-state index contributed by atoms with van der Waals surface area (Å²) in [5, 5.41) is 6.44. The molecule has 9 nitrogen and oxygen atoms in total. The average Bonchev–Trinajstić information content (AvgIpc) is 3.35. The number of rotatable bonds is 5. The van der Waals surface area contributed by atoms with Crippen LogP contribution in [0.2, 0.25) is 5.02 Å². The van der Waals surface area contributed by atoms with E-state index < -0.39 is 0 Å². The fraction of sp³-hybridized carbons (Fsp3) is 0.350. The first-order chi connectivity index (χ1) is 14.4. The number of aryl methyl sites for hydroxylation is 2. The maximum atomic E-state index is 12.8. The minimum atomic E-state index is -0.307. The lowest BCUT2D eigenvalue weighted by Gasteiger charge is -2.16.